The van der Waals surface area contributed by atoms with E-state index in [1.165, 1.54) is 43.2 Å². The second-order valence-corrected chi connectivity index (χ2v) is 5.93. The molecule has 2 nitrogen and oxygen atoms in total. The van der Waals surface area contributed by atoms with Crippen LogP contribution in [0.25, 0.3) is 0 Å². The molecule has 1 aliphatic carbocycles. The van der Waals surface area contributed by atoms with Gasteiger partial charge in [-0.1, -0.05) is 37.5 Å². The number of ether oxygens (including phenoxy) is 1. The van der Waals surface area contributed by atoms with Gasteiger partial charge >= 0.3 is 0 Å². The molecule has 2 rings (SSSR count). The van der Waals surface area contributed by atoms with E-state index in [9.17, 15) is 0 Å². The van der Waals surface area contributed by atoms with Crippen molar-refractivity contribution in [3.63, 3.8) is 0 Å². The van der Waals surface area contributed by atoms with E-state index >= 15 is 0 Å². The molecule has 0 radical (unpaired) electrons. The van der Waals surface area contributed by atoms with Crippen LogP contribution in [0.1, 0.15) is 43.2 Å². The normalized spacial score (nSPS) is 17.1. The van der Waals surface area contributed by atoms with Crippen LogP contribution in [-0.4, -0.2) is 17.9 Å². The third-order valence-corrected chi connectivity index (χ3v) is 4.43. The number of hydrogen-bond donors (Lipinski definition) is 0. The molecule has 0 amide bonds. The third kappa shape index (κ3) is 3.45. The maximum absolute atomic E-state index is 5.39. The summed E-state index contributed by atoms with van der Waals surface area (Å²) < 4.78 is 5.32. The number of hydrogen-bond acceptors (Lipinski definition) is 3. The number of aliphatic imine (C=N–C) groups is 1. The topological polar surface area (TPSA) is 21.6 Å². The second kappa shape index (κ2) is 6.98. The molecule has 0 aromatic heterocycles. The lowest BCUT2D eigenvalue weighted by Crippen LogP contribution is -2.25. The Morgan fingerprint density at radius 2 is 1.75 bits per heavy atom. The van der Waals surface area contributed by atoms with E-state index in [0.717, 1.165) is 11.4 Å². The minimum absolute atomic E-state index is 0.454. The summed E-state index contributed by atoms with van der Waals surface area (Å²) in [5.41, 5.74) is 4.40. The highest BCUT2D eigenvalue weighted by Gasteiger charge is 2.23. The number of benzene rings is 1. The van der Waals surface area contributed by atoms with E-state index < -0.39 is 0 Å². The van der Waals surface area contributed by atoms with Gasteiger partial charge in [0.25, 0.3) is 0 Å². The average molecular weight is 289 g/mol. The molecule has 3 heteroatoms. The fraction of sp³-hybridized carbons (Fsp3) is 0.529. The first-order chi connectivity index (χ1) is 9.63. The van der Waals surface area contributed by atoms with Crippen LogP contribution in [0.4, 0.5) is 5.69 Å². The van der Waals surface area contributed by atoms with Gasteiger partial charge < -0.3 is 4.74 Å². The number of methoxy groups -OCH3 is 1. The molecule has 1 aliphatic rings. The lowest BCUT2D eigenvalue weighted by Gasteiger charge is -2.23. The van der Waals surface area contributed by atoms with E-state index in [0.29, 0.717) is 11.0 Å². The monoisotopic (exact) mass is 289 g/mol. The third-order valence-electron chi connectivity index (χ3n) is 4.06. The van der Waals surface area contributed by atoms with E-state index in [-0.39, 0.29) is 0 Å². The van der Waals surface area contributed by atoms with E-state index in [4.69, 9.17) is 21.9 Å². The molecule has 0 spiro atoms. The van der Waals surface area contributed by atoms with E-state index in [1.54, 1.807) is 7.11 Å². The van der Waals surface area contributed by atoms with Gasteiger partial charge in [-0.25, -0.2) is 4.99 Å². The van der Waals surface area contributed by atoms with E-state index in [2.05, 4.69) is 32.0 Å². The van der Waals surface area contributed by atoms with Gasteiger partial charge in [-0.15, -0.1) is 0 Å². The molecule has 0 atom stereocenters. The van der Waals surface area contributed by atoms with Gasteiger partial charge in [0.15, 0.2) is 0 Å². The van der Waals surface area contributed by atoms with Gasteiger partial charge in [-0.3, -0.25) is 0 Å². The summed E-state index contributed by atoms with van der Waals surface area (Å²) in [7, 11) is 1.64. The minimum atomic E-state index is 0.454. The standard InChI is InChI=1S/C17H23NOS/c1-12-8-7-9-13(2)15(12)18-16(17(20)19-3)14-10-5-4-6-11-14/h7-9,14H,4-6,10-11H2,1-3H3. The zero-order chi connectivity index (χ0) is 14.5. The molecular formula is C17H23NOS. The zero-order valence-corrected chi connectivity index (χ0v) is 13.4. The predicted molar refractivity (Wildman–Crippen MR) is 89.2 cm³/mol. The van der Waals surface area contributed by atoms with Crippen molar-refractivity contribution in [2.75, 3.05) is 7.11 Å². The van der Waals surface area contributed by atoms with Gasteiger partial charge in [0.2, 0.25) is 5.05 Å². The lowest BCUT2D eigenvalue weighted by atomic mass is 9.85. The maximum Gasteiger partial charge on any atom is 0.205 e. The van der Waals surface area contributed by atoms with Gasteiger partial charge in [-0.05, 0) is 50.0 Å². The average Bonchev–Trinajstić information content (AvgIpc) is 2.47. The van der Waals surface area contributed by atoms with Gasteiger partial charge in [0.1, 0.15) is 0 Å². The van der Waals surface area contributed by atoms with Crippen molar-refractivity contribution in [2.45, 2.75) is 46.0 Å². The van der Waals surface area contributed by atoms with Crippen molar-refractivity contribution in [1.82, 2.24) is 0 Å². The first-order valence-electron chi connectivity index (χ1n) is 7.36. The summed E-state index contributed by atoms with van der Waals surface area (Å²) in [4.78, 5) is 4.90. The largest absolute Gasteiger partial charge is 0.485 e. The summed E-state index contributed by atoms with van der Waals surface area (Å²) in [5, 5.41) is 0.555. The molecule has 0 N–H and O–H groups in total. The van der Waals surface area contributed by atoms with Crippen LogP contribution in [-0.2, 0) is 4.74 Å². The molecule has 1 saturated carbocycles. The number of aryl methyl sites for hydroxylation is 2. The highest BCUT2D eigenvalue weighted by Crippen LogP contribution is 2.29. The molecule has 1 aromatic rings. The highest BCUT2D eigenvalue weighted by atomic mass is 32.1. The quantitative estimate of drug-likeness (QED) is 0.581. The molecule has 0 saturated heterocycles. The van der Waals surface area contributed by atoms with Crippen LogP contribution in [0.3, 0.4) is 0 Å². The summed E-state index contributed by atoms with van der Waals surface area (Å²) in [6.07, 6.45) is 6.21. The van der Waals surface area contributed by atoms with Gasteiger partial charge in [-0.2, -0.15) is 0 Å². The van der Waals surface area contributed by atoms with Crippen LogP contribution < -0.4 is 0 Å². The molecule has 1 fully saturated rings. The van der Waals surface area contributed by atoms with Crippen LogP contribution in [0, 0.1) is 19.8 Å². The molecule has 20 heavy (non-hydrogen) atoms. The second-order valence-electron chi connectivity index (χ2n) is 5.56. The van der Waals surface area contributed by atoms with E-state index in [1.807, 2.05) is 0 Å². The Balaban J connectivity index is 2.39. The van der Waals surface area contributed by atoms with Crippen LogP contribution >= 0.6 is 12.2 Å². The van der Waals surface area contributed by atoms with Crippen molar-refractivity contribution in [2.24, 2.45) is 10.9 Å². The van der Waals surface area contributed by atoms with Gasteiger partial charge in [0.05, 0.1) is 18.5 Å². The number of thiocarbonyl (C=S) groups is 1. The molecule has 108 valence electrons. The molecule has 0 aliphatic heterocycles. The summed E-state index contributed by atoms with van der Waals surface area (Å²) in [5.74, 6) is 0.454. The molecule has 1 aromatic carbocycles. The van der Waals surface area contributed by atoms with Crippen molar-refractivity contribution in [3.05, 3.63) is 29.3 Å². The van der Waals surface area contributed by atoms with Gasteiger partial charge in [0, 0.05) is 5.92 Å². The predicted octanol–water partition coefficient (Wildman–Crippen LogP) is 4.93. The van der Waals surface area contributed by atoms with Crippen LogP contribution in [0.5, 0.6) is 0 Å². The molecule has 0 unspecified atom stereocenters. The molecular weight excluding hydrogens is 266 g/mol. The summed E-state index contributed by atoms with van der Waals surface area (Å²) in [6, 6.07) is 6.26. The Morgan fingerprint density at radius 3 is 2.30 bits per heavy atom. The fourth-order valence-corrected chi connectivity index (χ4v) is 3.10. The Labute approximate surface area is 127 Å². The first-order valence-corrected chi connectivity index (χ1v) is 7.77. The van der Waals surface area contributed by atoms with Crippen LogP contribution in [0.15, 0.2) is 23.2 Å². The Morgan fingerprint density at radius 1 is 1.15 bits per heavy atom. The lowest BCUT2D eigenvalue weighted by molar-refractivity contribution is 0.407. The number of para-hydroxylation sites is 1. The Bertz CT molecular complexity index is 495. The first kappa shape index (κ1) is 15.2. The highest BCUT2D eigenvalue weighted by molar-refractivity contribution is 7.81. The fourth-order valence-electron chi connectivity index (χ4n) is 2.89. The number of rotatable bonds is 3. The Hall–Kier alpha value is -1.22. The smallest absolute Gasteiger partial charge is 0.205 e. The number of nitrogens with zero attached hydrogens (tertiary/aromatic N) is 1. The van der Waals surface area contributed by atoms with Crippen molar-refractivity contribution in [1.29, 1.82) is 0 Å². The molecule has 0 bridgehead atoms. The Kier molecular flexibility index (Phi) is 5.30. The van der Waals surface area contributed by atoms with Crippen LogP contribution in [0.2, 0.25) is 0 Å². The van der Waals surface area contributed by atoms with Crippen molar-refractivity contribution in [3.8, 4) is 0 Å². The van der Waals surface area contributed by atoms with Crippen molar-refractivity contribution >= 4 is 28.7 Å². The summed E-state index contributed by atoms with van der Waals surface area (Å²) >= 11 is 5.39. The molecule has 0 heterocycles. The summed E-state index contributed by atoms with van der Waals surface area (Å²) in [6.45, 7) is 4.19. The zero-order valence-electron chi connectivity index (χ0n) is 12.6. The minimum Gasteiger partial charge on any atom is -0.485 e. The maximum atomic E-state index is 5.39. The SMILES string of the molecule is COC(=S)C(=Nc1c(C)cccc1C)C1CCCCC1. The van der Waals surface area contributed by atoms with Crippen molar-refractivity contribution < 1.29 is 4.74 Å².